The fraction of sp³-hybridized carbons (Fsp3) is 0.125. The van der Waals surface area contributed by atoms with Crippen LogP contribution in [0.1, 0.15) is 5.56 Å². The molecule has 0 bridgehead atoms. The highest BCUT2D eigenvalue weighted by Crippen LogP contribution is 2.25. The summed E-state index contributed by atoms with van der Waals surface area (Å²) in [6.07, 6.45) is 0. The first-order valence-corrected chi connectivity index (χ1v) is 4.28. The van der Waals surface area contributed by atoms with E-state index in [2.05, 4.69) is 38.3 Å². The van der Waals surface area contributed by atoms with Crippen molar-refractivity contribution in [3.05, 3.63) is 28.2 Å². The first kappa shape index (κ1) is 8.60. The predicted molar refractivity (Wildman–Crippen MR) is 53.6 cm³/mol. The Morgan fingerprint density at radius 2 is 2.27 bits per heavy atom. The lowest BCUT2D eigenvalue weighted by Crippen LogP contribution is -1.71. The van der Waals surface area contributed by atoms with Gasteiger partial charge >= 0.3 is 0 Å². The van der Waals surface area contributed by atoms with Gasteiger partial charge in [0.1, 0.15) is 0 Å². The summed E-state index contributed by atoms with van der Waals surface area (Å²) in [5.74, 6) is 0. The van der Waals surface area contributed by atoms with E-state index < -0.39 is 0 Å². The van der Waals surface area contributed by atoms with Gasteiger partial charge in [-0.05, 0) is 52.8 Å². The van der Waals surface area contributed by atoms with Crippen LogP contribution in [0.3, 0.4) is 0 Å². The number of aliphatic imine (C=N–C) groups is 1. The minimum atomic E-state index is 0.825. The number of benzene rings is 1. The number of halogens is 1. The van der Waals surface area contributed by atoms with Gasteiger partial charge in [-0.25, -0.2) is 0 Å². The molecule has 11 heavy (non-hydrogen) atoms. The van der Waals surface area contributed by atoms with E-state index in [-0.39, 0.29) is 0 Å². The maximum absolute atomic E-state index is 4.49. The Labute approximate surface area is 79.3 Å². The second-order valence-corrected chi connectivity index (χ2v) is 3.19. The van der Waals surface area contributed by atoms with Crippen LogP contribution in [0, 0.1) is 6.92 Å². The molecule has 0 aromatic heterocycles. The molecular formula is C8H6BrNS. The third kappa shape index (κ3) is 2.22. The Bertz CT molecular complexity index is 316. The second kappa shape index (κ2) is 3.77. The maximum Gasteiger partial charge on any atom is 0.0881 e. The van der Waals surface area contributed by atoms with Crippen LogP contribution in [-0.2, 0) is 0 Å². The molecule has 0 aliphatic heterocycles. The van der Waals surface area contributed by atoms with E-state index in [0.29, 0.717) is 0 Å². The highest BCUT2D eigenvalue weighted by molar-refractivity contribution is 9.10. The number of hydrogen-bond donors (Lipinski definition) is 0. The molecule has 0 aliphatic carbocycles. The van der Waals surface area contributed by atoms with Crippen LogP contribution in [0.15, 0.2) is 27.7 Å². The lowest BCUT2D eigenvalue weighted by atomic mass is 10.2. The lowest BCUT2D eigenvalue weighted by Gasteiger charge is -1.96. The number of aryl methyl sites for hydroxylation is 1. The molecule has 1 rings (SSSR count). The van der Waals surface area contributed by atoms with Crippen molar-refractivity contribution >= 4 is 39.0 Å². The molecule has 0 N–H and O–H groups in total. The molecule has 3 heteroatoms. The molecular weight excluding hydrogens is 222 g/mol. The van der Waals surface area contributed by atoms with Gasteiger partial charge in [0.05, 0.1) is 10.8 Å². The summed E-state index contributed by atoms with van der Waals surface area (Å²) in [5, 5.41) is 2.32. The molecule has 0 saturated carbocycles. The van der Waals surface area contributed by atoms with Gasteiger partial charge in [-0.1, -0.05) is 6.07 Å². The largest absolute Gasteiger partial charge is 0.194 e. The summed E-state index contributed by atoms with van der Waals surface area (Å²) in [5.41, 5.74) is 2.02. The molecule has 0 amide bonds. The molecule has 1 aromatic rings. The van der Waals surface area contributed by atoms with Crippen molar-refractivity contribution in [2.45, 2.75) is 6.92 Å². The van der Waals surface area contributed by atoms with E-state index >= 15 is 0 Å². The Balaban J connectivity index is 3.19. The summed E-state index contributed by atoms with van der Waals surface area (Å²) in [7, 11) is 0. The summed E-state index contributed by atoms with van der Waals surface area (Å²) in [6.45, 7) is 2.02. The molecule has 0 unspecified atom stereocenters. The Kier molecular flexibility index (Phi) is 2.94. The molecule has 0 heterocycles. The zero-order valence-electron chi connectivity index (χ0n) is 5.97. The fourth-order valence-electron chi connectivity index (χ4n) is 0.752. The lowest BCUT2D eigenvalue weighted by molar-refractivity contribution is 1.42. The van der Waals surface area contributed by atoms with Gasteiger partial charge in [0.15, 0.2) is 0 Å². The van der Waals surface area contributed by atoms with Gasteiger partial charge < -0.3 is 0 Å². The molecule has 0 radical (unpaired) electrons. The molecule has 56 valence electrons. The van der Waals surface area contributed by atoms with Crippen LogP contribution in [0.2, 0.25) is 0 Å². The van der Waals surface area contributed by atoms with E-state index in [1.165, 1.54) is 5.56 Å². The normalized spacial score (nSPS) is 8.91. The zero-order valence-corrected chi connectivity index (χ0v) is 8.37. The molecule has 0 fully saturated rings. The van der Waals surface area contributed by atoms with Gasteiger partial charge in [-0.3, -0.25) is 0 Å². The Hall–Kier alpha value is -0.500. The summed E-state index contributed by atoms with van der Waals surface area (Å²) >= 11 is 7.86. The van der Waals surface area contributed by atoms with E-state index in [0.717, 1.165) is 10.2 Å². The third-order valence-corrected chi connectivity index (χ3v) is 2.00. The minimum absolute atomic E-state index is 0.825. The summed E-state index contributed by atoms with van der Waals surface area (Å²) in [4.78, 5) is 3.87. The van der Waals surface area contributed by atoms with Crippen LogP contribution >= 0.6 is 28.1 Å². The SMILES string of the molecule is Cc1ccc(N=C=S)c(Br)c1. The summed E-state index contributed by atoms with van der Waals surface area (Å²) < 4.78 is 0.954. The smallest absolute Gasteiger partial charge is 0.0881 e. The first-order chi connectivity index (χ1) is 5.24. The van der Waals surface area contributed by atoms with Crippen molar-refractivity contribution in [2.24, 2.45) is 4.99 Å². The molecule has 0 aliphatic rings. The van der Waals surface area contributed by atoms with Crippen LogP contribution in [-0.4, -0.2) is 5.16 Å². The number of rotatable bonds is 1. The van der Waals surface area contributed by atoms with Crippen molar-refractivity contribution in [2.75, 3.05) is 0 Å². The minimum Gasteiger partial charge on any atom is -0.194 e. The molecule has 0 spiro atoms. The second-order valence-electron chi connectivity index (χ2n) is 2.16. The quantitative estimate of drug-likeness (QED) is 0.529. The number of nitrogens with zero attached hydrogens (tertiary/aromatic N) is 1. The van der Waals surface area contributed by atoms with Crippen molar-refractivity contribution in [1.82, 2.24) is 0 Å². The predicted octanol–water partition coefficient (Wildman–Crippen LogP) is 3.49. The average Bonchev–Trinajstić information content (AvgIpc) is 1.95. The van der Waals surface area contributed by atoms with Gasteiger partial charge in [0.2, 0.25) is 0 Å². The van der Waals surface area contributed by atoms with Crippen LogP contribution in [0.25, 0.3) is 0 Å². The molecule has 0 saturated heterocycles. The summed E-state index contributed by atoms with van der Waals surface area (Å²) in [6, 6.07) is 5.88. The Morgan fingerprint density at radius 1 is 1.55 bits per heavy atom. The van der Waals surface area contributed by atoms with E-state index in [4.69, 9.17) is 0 Å². The van der Waals surface area contributed by atoms with Crippen LogP contribution in [0.4, 0.5) is 5.69 Å². The average molecular weight is 228 g/mol. The molecule has 1 aromatic carbocycles. The van der Waals surface area contributed by atoms with E-state index in [1.807, 2.05) is 25.1 Å². The standard InChI is InChI=1S/C8H6BrNS/c1-6-2-3-8(10-5-11)7(9)4-6/h2-4H,1H3. The number of isothiocyanates is 1. The van der Waals surface area contributed by atoms with Gasteiger partial charge in [-0.15, -0.1) is 0 Å². The van der Waals surface area contributed by atoms with Gasteiger partial charge in [0.25, 0.3) is 0 Å². The molecule has 1 nitrogen and oxygen atoms in total. The Morgan fingerprint density at radius 3 is 2.82 bits per heavy atom. The van der Waals surface area contributed by atoms with Crippen molar-refractivity contribution in [3.8, 4) is 0 Å². The monoisotopic (exact) mass is 227 g/mol. The van der Waals surface area contributed by atoms with Crippen LogP contribution < -0.4 is 0 Å². The highest BCUT2D eigenvalue weighted by atomic mass is 79.9. The first-order valence-electron chi connectivity index (χ1n) is 3.08. The van der Waals surface area contributed by atoms with Crippen molar-refractivity contribution < 1.29 is 0 Å². The topological polar surface area (TPSA) is 12.4 Å². The van der Waals surface area contributed by atoms with E-state index in [9.17, 15) is 0 Å². The zero-order chi connectivity index (χ0) is 8.27. The van der Waals surface area contributed by atoms with Gasteiger partial charge in [-0.2, -0.15) is 4.99 Å². The van der Waals surface area contributed by atoms with Gasteiger partial charge in [0, 0.05) is 4.47 Å². The van der Waals surface area contributed by atoms with Crippen molar-refractivity contribution in [3.63, 3.8) is 0 Å². The molecule has 0 atom stereocenters. The highest BCUT2D eigenvalue weighted by Gasteiger charge is 1.95. The van der Waals surface area contributed by atoms with Crippen molar-refractivity contribution in [1.29, 1.82) is 0 Å². The van der Waals surface area contributed by atoms with Crippen LogP contribution in [0.5, 0.6) is 0 Å². The maximum atomic E-state index is 4.49. The fourth-order valence-corrected chi connectivity index (χ4v) is 1.43. The number of thiocarbonyl (C=S) groups is 1. The third-order valence-electron chi connectivity index (χ3n) is 1.27. The van der Waals surface area contributed by atoms with E-state index in [1.54, 1.807) is 0 Å². The number of hydrogen-bond acceptors (Lipinski definition) is 2.